The number of aromatic nitrogens is 1. The number of ether oxygens (including phenoxy) is 1. The van der Waals surface area contributed by atoms with Crippen molar-refractivity contribution < 1.29 is 9.15 Å². The van der Waals surface area contributed by atoms with E-state index in [9.17, 15) is 0 Å². The quantitative estimate of drug-likeness (QED) is 0.729. The highest BCUT2D eigenvalue weighted by Crippen LogP contribution is 2.31. The van der Waals surface area contributed by atoms with E-state index in [-0.39, 0.29) is 0 Å². The van der Waals surface area contributed by atoms with Gasteiger partial charge in [0.25, 0.3) is 0 Å². The Morgan fingerprint density at radius 2 is 1.95 bits per heavy atom. The summed E-state index contributed by atoms with van der Waals surface area (Å²) in [6.07, 6.45) is 0. The molecule has 0 aliphatic heterocycles. The smallest absolute Gasteiger partial charge is 0.227 e. The third-order valence-corrected chi connectivity index (χ3v) is 3.28. The van der Waals surface area contributed by atoms with Crippen molar-refractivity contribution in [3.05, 3.63) is 40.9 Å². The van der Waals surface area contributed by atoms with Gasteiger partial charge in [0, 0.05) is 10.0 Å². The van der Waals surface area contributed by atoms with Crippen LogP contribution in [0.4, 0.5) is 5.69 Å². The zero-order chi connectivity index (χ0) is 13.4. The molecule has 1 heterocycles. The fourth-order valence-electron chi connectivity index (χ4n) is 1.88. The lowest BCUT2D eigenvalue weighted by Gasteiger charge is -1.99. The van der Waals surface area contributed by atoms with Gasteiger partial charge in [0.05, 0.1) is 12.8 Å². The number of rotatable bonds is 2. The maximum Gasteiger partial charge on any atom is 0.227 e. The molecule has 3 aromatic rings. The minimum atomic E-state index is 0.544. The molecule has 5 heteroatoms. The SMILES string of the molecule is COc1ccc(-c2nc3cc(Br)cc(N)c3o2)cc1. The molecule has 19 heavy (non-hydrogen) atoms. The molecule has 0 unspecified atom stereocenters. The van der Waals surface area contributed by atoms with E-state index in [0.29, 0.717) is 17.2 Å². The van der Waals surface area contributed by atoms with Gasteiger partial charge in [0.2, 0.25) is 5.89 Å². The molecule has 2 N–H and O–H groups in total. The highest BCUT2D eigenvalue weighted by atomic mass is 79.9. The maximum absolute atomic E-state index is 5.91. The predicted molar refractivity (Wildman–Crippen MR) is 78.1 cm³/mol. The van der Waals surface area contributed by atoms with Crippen molar-refractivity contribution in [3.8, 4) is 17.2 Å². The van der Waals surface area contributed by atoms with E-state index < -0.39 is 0 Å². The topological polar surface area (TPSA) is 61.3 Å². The number of halogens is 1. The van der Waals surface area contributed by atoms with E-state index in [0.717, 1.165) is 21.3 Å². The Hall–Kier alpha value is -2.01. The average molecular weight is 319 g/mol. The molecule has 2 aromatic carbocycles. The third kappa shape index (κ3) is 2.17. The molecule has 0 aliphatic carbocycles. The Kier molecular flexibility index (Phi) is 2.91. The van der Waals surface area contributed by atoms with Crippen LogP contribution in [0, 0.1) is 0 Å². The molecule has 0 bridgehead atoms. The Balaban J connectivity index is 2.12. The van der Waals surface area contributed by atoms with E-state index in [1.54, 1.807) is 13.2 Å². The van der Waals surface area contributed by atoms with Crippen LogP contribution in [0.1, 0.15) is 0 Å². The van der Waals surface area contributed by atoms with E-state index in [2.05, 4.69) is 20.9 Å². The van der Waals surface area contributed by atoms with Crippen molar-refractivity contribution in [1.29, 1.82) is 0 Å². The van der Waals surface area contributed by atoms with Crippen LogP contribution in [0.15, 0.2) is 45.3 Å². The number of nitrogen functional groups attached to an aromatic ring is 1. The largest absolute Gasteiger partial charge is 0.497 e. The second-order valence-electron chi connectivity index (χ2n) is 4.09. The summed E-state index contributed by atoms with van der Waals surface area (Å²) in [4.78, 5) is 4.44. The van der Waals surface area contributed by atoms with Gasteiger partial charge in [-0.3, -0.25) is 0 Å². The third-order valence-electron chi connectivity index (χ3n) is 2.82. The lowest BCUT2D eigenvalue weighted by molar-refractivity contribution is 0.415. The van der Waals surface area contributed by atoms with Crippen molar-refractivity contribution >= 4 is 32.7 Å². The molecule has 0 spiro atoms. The maximum atomic E-state index is 5.91. The standard InChI is InChI=1S/C14H11BrN2O2/c1-18-10-4-2-8(3-5-10)14-17-12-7-9(15)6-11(16)13(12)19-14/h2-7H,16H2,1H3. The zero-order valence-electron chi connectivity index (χ0n) is 10.2. The minimum absolute atomic E-state index is 0.544. The second kappa shape index (κ2) is 4.59. The first-order valence-electron chi connectivity index (χ1n) is 5.67. The van der Waals surface area contributed by atoms with Gasteiger partial charge in [-0.05, 0) is 36.4 Å². The number of hydrogen-bond acceptors (Lipinski definition) is 4. The Labute approximate surface area is 118 Å². The number of hydrogen-bond donors (Lipinski definition) is 1. The van der Waals surface area contributed by atoms with Gasteiger partial charge in [0.15, 0.2) is 5.58 Å². The Morgan fingerprint density at radius 3 is 2.63 bits per heavy atom. The molecule has 3 rings (SSSR count). The monoisotopic (exact) mass is 318 g/mol. The number of methoxy groups -OCH3 is 1. The Bertz CT molecular complexity index is 735. The fourth-order valence-corrected chi connectivity index (χ4v) is 2.34. The molecule has 4 nitrogen and oxygen atoms in total. The van der Waals surface area contributed by atoms with Gasteiger partial charge in [-0.2, -0.15) is 0 Å². The van der Waals surface area contributed by atoms with Crippen LogP contribution in [-0.4, -0.2) is 12.1 Å². The van der Waals surface area contributed by atoms with Gasteiger partial charge < -0.3 is 14.9 Å². The van der Waals surface area contributed by atoms with E-state index in [1.807, 2.05) is 30.3 Å². The molecular formula is C14H11BrN2O2. The summed E-state index contributed by atoms with van der Waals surface area (Å²) >= 11 is 3.39. The summed E-state index contributed by atoms with van der Waals surface area (Å²) in [5.74, 6) is 1.34. The highest BCUT2D eigenvalue weighted by molar-refractivity contribution is 9.10. The average Bonchev–Trinajstić information content (AvgIpc) is 2.83. The molecule has 1 aromatic heterocycles. The van der Waals surface area contributed by atoms with Crippen molar-refractivity contribution in [2.24, 2.45) is 0 Å². The van der Waals surface area contributed by atoms with Crippen molar-refractivity contribution in [2.45, 2.75) is 0 Å². The van der Waals surface area contributed by atoms with Crippen LogP contribution in [0.25, 0.3) is 22.6 Å². The van der Waals surface area contributed by atoms with Crippen molar-refractivity contribution in [2.75, 3.05) is 12.8 Å². The summed E-state index contributed by atoms with van der Waals surface area (Å²) in [6.45, 7) is 0. The summed E-state index contributed by atoms with van der Waals surface area (Å²) < 4.78 is 11.7. The summed E-state index contributed by atoms with van der Waals surface area (Å²) in [5, 5.41) is 0. The van der Waals surface area contributed by atoms with Crippen LogP contribution in [0.3, 0.4) is 0 Å². The van der Waals surface area contributed by atoms with Gasteiger partial charge in [-0.15, -0.1) is 0 Å². The van der Waals surface area contributed by atoms with Crippen LogP contribution in [0.2, 0.25) is 0 Å². The lowest BCUT2D eigenvalue weighted by Crippen LogP contribution is -1.84. The second-order valence-corrected chi connectivity index (χ2v) is 5.01. The van der Waals surface area contributed by atoms with Gasteiger partial charge >= 0.3 is 0 Å². The van der Waals surface area contributed by atoms with E-state index >= 15 is 0 Å². The minimum Gasteiger partial charge on any atom is -0.497 e. The van der Waals surface area contributed by atoms with Crippen LogP contribution in [-0.2, 0) is 0 Å². The summed E-state index contributed by atoms with van der Waals surface area (Å²) in [6, 6.07) is 11.2. The molecule has 0 amide bonds. The van der Waals surface area contributed by atoms with Gasteiger partial charge in [-0.25, -0.2) is 4.98 Å². The molecule has 0 saturated heterocycles. The molecule has 0 atom stereocenters. The molecule has 0 aliphatic rings. The number of nitrogens with zero attached hydrogens (tertiary/aromatic N) is 1. The van der Waals surface area contributed by atoms with Crippen LogP contribution >= 0.6 is 15.9 Å². The van der Waals surface area contributed by atoms with Gasteiger partial charge in [-0.1, -0.05) is 15.9 Å². The fraction of sp³-hybridized carbons (Fsp3) is 0.0714. The first kappa shape index (κ1) is 12.0. The van der Waals surface area contributed by atoms with E-state index in [1.165, 1.54) is 0 Å². The highest BCUT2D eigenvalue weighted by Gasteiger charge is 2.11. The molecule has 0 fully saturated rings. The molecule has 0 radical (unpaired) electrons. The summed E-state index contributed by atoms with van der Waals surface area (Å²) in [7, 11) is 1.63. The van der Waals surface area contributed by atoms with E-state index in [4.69, 9.17) is 14.9 Å². The first-order valence-corrected chi connectivity index (χ1v) is 6.46. The number of benzene rings is 2. The van der Waals surface area contributed by atoms with Crippen LogP contribution in [0.5, 0.6) is 5.75 Å². The number of fused-ring (bicyclic) bond motifs is 1. The predicted octanol–water partition coefficient (Wildman–Crippen LogP) is 3.85. The zero-order valence-corrected chi connectivity index (χ0v) is 11.8. The first-order chi connectivity index (χ1) is 9.17. The summed E-state index contributed by atoms with van der Waals surface area (Å²) in [5.41, 5.74) is 8.70. The number of anilines is 1. The number of nitrogens with two attached hydrogens (primary N) is 1. The molecular weight excluding hydrogens is 308 g/mol. The Morgan fingerprint density at radius 1 is 1.21 bits per heavy atom. The number of oxazole rings is 1. The lowest BCUT2D eigenvalue weighted by atomic mass is 10.2. The normalized spacial score (nSPS) is 10.8. The van der Waals surface area contributed by atoms with Crippen molar-refractivity contribution in [1.82, 2.24) is 4.98 Å². The molecule has 96 valence electrons. The van der Waals surface area contributed by atoms with Crippen LogP contribution < -0.4 is 10.5 Å². The molecule has 0 saturated carbocycles. The van der Waals surface area contributed by atoms with Crippen molar-refractivity contribution in [3.63, 3.8) is 0 Å². The van der Waals surface area contributed by atoms with Gasteiger partial charge in [0.1, 0.15) is 11.3 Å².